The zero-order valence-corrected chi connectivity index (χ0v) is 15.8. The molecule has 0 saturated heterocycles. The normalized spacial score (nSPS) is 11.9. The van der Waals surface area contributed by atoms with E-state index in [1.807, 2.05) is 31.2 Å². The van der Waals surface area contributed by atoms with Gasteiger partial charge in [-0.15, -0.1) is 0 Å². The van der Waals surface area contributed by atoms with Crippen molar-refractivity contribution in [3.8, 4) is 0 Å². The van der Waals surface area contributed by atoms with Crippen molar-refractivity contribution in [2.75, 3.05) is 0 Å². The molecule has 0 radical (unpaired) electrons. The van der Waals surface area contributed by atoms with Crippen molar-refractivity contribution < 1.29 is 18.7 Å². The molecule has 0 aliphatic rings. The molecule has 0 spiro atoms. The number of amides is 1. The summed E-state index contributed by atoms with van der Waals surface area (Å²) < 4.78 is 11.7. The Morgan fingerprint density at radius 3 is 2.61 bits per heavy atom. The molecule has 0 fully saturated rings. The Kier molecular flexibility index (Phi) is 5.93. The summed E-state index contributed by atoms with van der Waals surface area (Å²) in [6.07, 6.45) is -0.963. The van der Waals surface area contributed by atoms with Gasteiger partial charge >= 0.3 is 11.7 Å². The van der Waals surface area contributed by atoms with Crippen LogP contribution in [0.2, 0.25) is 0 Å². The number of aryl methyl sites for hydroxylation is 2. The molecule has 2 aromatic carbocycles. The summed E-state index contributed by atoms with van der Waals surface area (Å²) in [5.41, 5.74) is 3.18. The molecule has 3 rings (SSSR count). The third-order valence-electron chi connectivity index (χ3n) is 4.38. The van der Waals surface area contributed by atoms with Crippen LogP contribution in [0.3, 0.4) is 0 Å². The van der Waals surface area contributed by atoms with Crippen LogP contribution in [0.1, 0.15) is 24.5 Å². The number of ether oxygens (including phenoxy) is 1. The molecule has 28 heavy (non-hydrogen) atoms. The van der Waals surface area contributed by atoms with Gasteiger partial charge in [0.1, 0.15) is 0 Å². The number of hydrogen-bond acceptors (Lipinski definition) is 5. The fraction of sp³-hybridized carbons (Fsp3) is 0.286. The number of nitrogens with one attached hydrogen (secondary N) is 1. The number of benzene rings is 2. The van der Waals surface area contributed by atoms with Crippen molar-refractivity contribution in [1.29, 1.82) is 0 Å². The number of hydrogen-bond donors (Lipinski definition) is 1. The number of esters is 1. The molecule has 1 heterocycles. The Morgan fingerprint density at radius 2 is 1.86 bits per heavy atom. The van der Waals surface area contributed by atoms with E-state index in [1.54, 1.807) is 24.3 Å². The first-order chi connectivity index (χ1) is 13.4. The van der Waals surface area contributed by atoms with Crippen LogP contribution < -0.4 is 11.1 Å². The monoisotopic (exact) mass is 382 g/mol. The van der Waals surface area contributed by atoms with Crippen LogP contribution in [0.4, 0.5) is 0 Å². The second-order valence-electron chi connectivity index (χ2n) is 6.57. The van der Waals surface area contributed by atoms with Gasteiger partial charge in [0.15, 0.2) is 11.7 Å². The lowest BCUT2D eigenvalue weighted by atomic mass is 10.1. The first-order valence-corrected chi connectivity index (χ1v) is 9.05. The molecule has 146 valence electrons. The van der Waals surface area contributed by atoms with Crippen LogP contribution in [0.5, 0.6) is 0 Å². The Hall–Kier alpha value is -3.35. The molecule has 0 aliphatic heterocycles. The lowest BCUT2D eigenvalue weighted by molar-refractivity contribution is -0.155. The van der Waals surface area contributed by atoms with Gasteiger partial charge in [0.25, 0.3) is 5.91 Å². The van der Waals surface area contributed by atoms with E-state index in [1.165, 1.54) is 11.5 Å². The zero-order chi connectivity index (χ0) is 20.1. The van der Waals surface area contributed by atoms with Crippen LogP contribution in [0, 0.1) is 6.92 Å². The predicted molar refractivity (Wildman–Crippen MR) is 104 cm³/mol. The van der Waals surface area contributed by atoms with Crippen molar-refractivity contribution in [2.45, 2.75) is 39.5 Å². The number of oxazole rings is 1. The van der Waals surface area contributed by atoms with Gasteiger partial charge < -0.3 is 14.5 Å². The molecule has 3 aromatic rings. The zero-order valence-electron chi connectivity index (χ0n) is 15.8. The molecule has 0 saturated carbocycles. The van der Waals surface area contributed by atoms with E-state index < -0.39 is 17.8 Å². The van der Waals surface area contributed by atoms with Gasteiger partial charge in [0, 0.05) is 13.1 Å². The molecule has 1 N–H and O–H groups in total. The average molecular weight is 382 g/mol. The molecule has 1 amide bonds. The molecular weight excluding hydrogens is 360 g/mol. The minimum absolute atomic E-state index is 0.0426. The second kappa shape index (κ2) is 8.56. The maximum atomic E-state index is 12.1. The lowest BCUT2D eigenvalue weighted by Gasteiger charge is -2.13. The van der Waals surface area contributed by atoms with Gasteiger partial charge in [-0.2, -0.15) is 0 Å². The molecule has 1 atom stereocenters. The number of carbonyl (C=O) groups excluding carboxylic acids is 2. The SMILES string of the molecule is Cc1ccc(CNC(=O)[C@H](C)OC(=O)CCn2c(=O)oc3ccccc32)cc1. The van der Waals surface area contributed by atoms with E-state index in [9.17, 15) is 14.4 Å². The molecule has 7 heteroatoms. The van der Waals surface area contributed by atoms with E-state index in [2.05, 4.69) is 5.32 Å². The fourth-order valence-electron chi connectivity index (χ4n) is 2.78. The van der Waals surface area contributed by atoms with Gasteiger partial charge in [-0.05, 0) is 31.5 Å². The Balaban J connectivity index is 1.49. The van der Waals surface area contributed by atoms with Gasteiger partial charge in [0.05, 0.1) is 11.9 Å². The van der Waals surface area contributed by atoms with Crippen LogP contribution in [-0.2, 0) is 27.4 Å². The van der Waals surface area contributed by atoms with E-state index >= 15 is 0 Å². The first-order valence-electron chi connectivity index (χ1n) is 9.05. The average Bonchev–Trinajstić information content (AvgIpc) is 3.00. The van der Waals surface area contributed by atoms with E-state index in [0.29, 0.717) is 17.6 Å². The number of fused-ring (bicyclic) bond motifs is 1. The summed E-state index contributed by atoms with van der Waals surface area (Å²) in [5.74, 6) is -1.46. The Bertz CT molecular complexity index is 1030. The number of rotatable bonds is 7. The third kappa shape index (κ3) is 4.68. The number of aromatic nitrogens is 1. The fourth-order valence-corrected chi connectivity index (χ4v) is 2.78. The van der Waals surface area contributed by atoms with Crippen LogP contribution in [0.25, 0.3) is 11.1 Å². The van der Waals surface area contributed by atoms with E-state index in [4.69, 9.17) is 9.15 Å². The molecule has 0 bridgehead atoms. The van der Waals surface area contributed by atoms with Crippen LogP contribution >= 0.6 is 0 Å². The van der Waals surface area contributed by atoms with Gasteiger partial charge in [0.2, 0.25) is 0 Å². The summed E-state index contributed by atoms with van der Waals surface area (Å²) in [7, 11) is 0. The summed E-state index contributed by atoms with van der Waals surface area (Å²) in [4.78, 5) is 36.1. The van der Waals surface area contributed by atoms with E-state index in [-0.39, 0.29) is 18.9 Å². The third-order valence-corrected chi connectivity index (χ3v) is 4.38. The Labute approximate surface area is 161 Å². The highest BCUT2D eigenvalue weighted by Crippen LogP contribution is 2.12. The summed E-state index contributed by atoms with van der Waals surface area (Å²) in [6, 6.07) is 14.8. The molecule has 1 aromatic heterocycles. The first kappa shape index (κ1) is 19.4. The lowest BCUT2D eigenvalue weighted by Crippen LogP contribution is -2.35. The minimum Gasteiger partial charge on any atom is -0.452 e. The van der Waals surface area contributed by atoms with Gasteiger partial charge in [-0.25, -0.2) is 4.79 Å². The summed E-state index contributed by atoms with van der Waals surface area (Å²) >= 11 is 0. The van der Waals surface area contributed by atoms with Crippen molar-refractivity contribution >= 4 is 23.0 Å². The highest BCUT2D eigenvalue weighted by Gasteiger charge is 2.18. The molecular formula is C21H22N2O5. The number of para-hydroxylation sites is 2. The van der Waals surface area contributed by atoms with E-state index in [0.717, 1.165) is 11.1 Å². The number of carbonyl (C=O) groups is 2. The summed E-state index contributed by atoms with van der Waals surface area (Å²) in [6.45, 7) is 3.98. The molecule has 7 nitrogen and oxygen atoms in total. The quantitative estimate of drug-likeness (QED) is 0.634. The maximum absolute atomic E-state index is 12.1. The standard InChI is InChI=1S/C21H22N2O5/c1-14-7-9-16(10-8-14)13-22-20(25)15(2)27-19(24)11-12-23-17-5-3-4-6-18(17)28-21(23)26/h3-10,15H,11-13H2,1-2H3,(H,22,25)/t15-/m0/s1. The predicted octanol–water partition coefficient (Wildman–Crippen LogP) is 2.54. The highest BCUT2D eigenvalue weighted by molar-refractivity contribution is 5.83. The summed E-state index contributed by atoms with van der Waals surface area (Å²) in [5, 5.41) is 2.74. The van der Waals surface area contributed by atoms with Crippen LogP contribution in [0.15, 0.2) is 57.7 Å². The molecule has 0 unspecified atom stereocenters. The van der Waals surface area contributed by atoms with Crippen LogP contribution in [-0.4, -0.2) is 22.5 Å². The van der Waals surface area contributed by atoms with Crippen molar-refractivity contribution in [1.82, 2.24) is 9.88 Å². The number of nitrogens with zero attached hydrogens (tertiary/aromatic N) is 1. The maximum Gasteiger partial charge on any atom is 0.419 e. The Morgan fingerprint density at radius 1 is 1.14 bits per heavy atom. The smallest absolute Gasteiger partial charge is 0.419 e. The van der Waals surface area contributed by atoms with Crippen molar-refractivity contribution in [3.63, 3.8) is 0 Å². The van der Waals surface area contributed by atoms with Gasteiger partial charge in [-0.3, -0.25) is 14.2 Å². The van der Waals surface area contributed by atoms with Gasteiger partial charge in [-0.1, -0.05) is 42.0 Å². The molecule has 0 aliphatic carbocycles. The topological polar surface area (TPSA) is 90.5 Å². The second-order valence-corrected chi connectivity index (χ2v) is 6.57. The minimum atomic E-state index is -0.921. The highest BCUT2D eigenvalue weighted by atomic mass is 16.5. The van der Waals surface area contributed by atoms with Crippen molar-refractivity contribution in [2.24, 2.45) is 0 Å². The largest absolute Gasteiger partial charge is 0.452 e. The van der Waals surface area contributed by atoms with Crippen molar-refractivity contribution in [3.05, 3.63) is 70.2 Å².